The molecule has 3 aliphatic rings. The molecule has 1 saturated carbocycles. The summed E-state index contributed by atoms with van der Waals surface area (Å²) in [5, 5.41) is 0.824. The number of rotatable bonds is 3. The van der Waals surface area contributed by atoms with Gasteiger partial charge in [-0.1, -0.05) is 6.42 Å². The molecular formula is C25H31NO6S. The van der Waals surface area contributed by atoms with Gasteiger partial charge in [-0.2, -0.15) is 0 Å². The highest BCUT2D eigenvalue weighted by Crippen LogP contribution is 2.43. The van der Waals surface area contributed by atoms with E-state index in [1.165, 1.54) is 24.2 Å². The fraction of sp³-hybridized carbons (Fsp3) is 0.600. The van der Waals surface area contributed by atoms with Crippen LogP contribution in [0.5, 0.6) is 5.75 Å². The van der Waals surface area contributed by atoms with Crippen LogP contribution in [0.2, 0.25) is 0 Å². The van der Waals surface area contributed by atoms with E-state index in [0.717, 1.165) is 47.9 Å². The first-order chi connectivity index (χ1) is 15.7. The first kappa shape index (κ1) is 22.4. The van der Waals surface area contributed by atoms with Crippen molar-refractivity contribution in [3.63, 3.8) is 0 Å². The molecule has 1 spiro atoms. The van der Waals surface area contributed by atoms with Gasteiger partial charge >= 0.3 is 5.63 Å². The number of amides is 1. The second-order valence-corrected chi connectivity index (χ2v) is 12.3. The number of fused-ring (bicyclic) bond motifs is 2. The predicted octanol–water partition coefficient (Wildman–Crippen LogP) is 3.32. The van der Waals surface area contributed by atoms with Gasteiger partial charge in [-0.05, 0) is 69.1 Å². The molecule has 178 valence electrons. The highest BCUT2D eigenvalue weighted by Gasteiger charge is 2.38. The summed E-state index contributed by atoms with van der Waals surface area (Å²) >= 11 is 0. The van der Waals surface area contributed by atoms with Gasteiger partial charge < -0.3 is 14.1 Å². The van der Waals surface area contributed by atoms with E-state index in [0.29, 0.717) is 17.6 Å². The predicted molar refractivity (Wildman–Crippen MR) is 126 cm³/mol. The van der Waals surface area contributed by atoms with Gasteiger partial charge in [0.2, 0.25) is 5.91 Å². The Labute approximate surface area is 194 Å². The van der Waals surface area contributed by atoms with Gasteiger partial charge in [-0.3, -0.25) is 4.79 Å². The summed E-state index contributed by atoms with van der Waals surface area (Å²) in [4.78, 5) is 27.2. The average Bonchev–Trinajstić information content (AvgIpc) is 3.15. The summed E-state index contributed by atoms with van der Waals surface area (Å²) in [7, 11) is -1.49. The molecule has 1 atom stereocenters. The Bertz CT molecular complexity index is 1270. The van der Waals surface area contributed by atoms with Crippen molar-refractivity contribution in [2.75, 3.05) is 18.6 Å². The lowest BCUT2D eigenvalue weighted by Crippen LogP contribution is -2.41. The second kappa shape index (κ2) is 8.15. The van der Waals surface area contributed by atoms with Crippen molar-refractivity contribution in [1.29, 1.82) is 0 Å². The molecular weight excluding hydrogens is 442 g/mol. The average molecular weight is 474 g/mol. The Hall–Kier alpha value is -2.35. The summed E-state index contributed by atoms with van der Waals surface area (Å²) in [6.07, 6.45) is 8.05. The largest absolute Gasteiger partial charge is 0.487 e. The maximum absolute atomic E-state index is 12.9. The normalized spacial score (nSPS) is 23.3. The van der Waals surface area contributed by atoms with E-state index in [1.807, 2.05) is 19.1 Å². The fourth-order valence-corrected chi connectivity index (χ4v) is 7.49. The van der Waals surface area contributed by atoms with Gasteiger partial charge in [0.25, 0.3) is 0 Å². The Morgan fingerprint density at radius 2 is 1.94 bits per heavy atom. The van der Waals surface area contributed by atoms with E-state index in [1.54, 1.807) is 7.05 Å². The fourth-order valence-electron chi connectivity index (χ4n) is 5.71. The van der Waals surface area contributed by atoms with Crippen molar-refractivity contribution >= 4 is 26.7 Å². The molecule has 1 amide bonds. The maximum atomic E-state index is 12.9. The van der Waals surface area contributed by atoms with Crippen LogP contribution in [-0.4, -0.2) is 49.4 Å². The summed E-state index contributed by atoms with van der Waals surface area (Å²) < 4.78 is 35.7. The van der Waals surface area contributed by atoms with Crippen molar-refractivity contribution in [3.05, 3.63) is 39.2 Å². The van der Waals surface area contributed by atoms with Gasteiger partial charge in [0.15, 0.2) is 9.84 Å². The maximum Gasteiger partial charge on any atom is 0.340 e. The second-order valence-electron chi connectivity index (χ2n) is 10.0. The van der Waals surface area contributed by atoms with Crippen LogP contribution in [0.4, 0.5) is 0 Å². The molecule has 33 heavy (non-hydrogen) atoms. The van der Waals surface area contributed by atoms with Gasteiger partial charge in [0, 0.05) is 24.5 Å². The van der Waals surface area contributed by atoms with Crippen LogP contribution in [0.3, 0.4) is 0 Å². The smallest absolute Gasteiger partial charge is 0.340 e. The molecule has 1 aromatic heterocycles. The topological polar surface area (TPSA) is 93.9 Å². The zero-order valence-electron chi connectivity index (χ0n) is 19.3. The minimum absolute atomic E-state index is 0.0197. The van der Waals surface area contributed by atoms with Crippen LogP contribution in [0.25, 0.3) is 11.0 Å². The van der Waals surface area contributed by atoms with E-state index < -0.39 is 15.5 Å². The van der Waals surface area contributed by atoms with E-state index in [2.05, 4.69) is 0 Å². The van der Waals surface area contributed by atoms with Gasteiger partial charge in [0.1, 0.15) is 16.9 Å². The van der Waals surface area contributed by atoms with Crippen molar-refractivity contribution < 1.29 is 22.4 Å². The van der Waals surface area contributed by atoms with E-state index >= 15 is 0 Å². The minimum Gasteiger partial charge on any atom is -0.487 e. The Morgan fingerprint density at radius 1 is 1.18 bits per heavy atom. The Kier molecular flexibility index (Phi) is 5.54. The van der Waals surface area contributed by atoms with Crippen molar-refractivity contribution in [3.8, 4) is 5.75 Å². The van der Waals surface area contributed by atoms with Crippen molar-refractivity contribution in [2.24, 2.45) is 0 Å². The molecule has 2 aliphatic heterocycles. The number of likely N-dealkylation sites (N-methyl/N-ethyl adjacent to an activating group) is 1. The molecule has 8 heteroatoms. The first-order valence-corrected chi connectivity index (χ1v) is 13.7. The number of carbonyl (C=O) groups excluding carboxylic acids is 1. The monoisotopic (exact) mass is 473 g/mol. The molecule has 0 N–H and O–H groups in total. The van der Waals surface area contributed by atoms with Crippen LogP contribution >= 0.6 is 0 Å². The Morgan fingerprint density at radius 3 is 2.64 bits per heavy atom. The van der Waals surface area contributed by atoms with E-state index in [9.17, 15) is 18.0 Å². The molecule has 5 rings (SSSR count). The summed E-state index contributed by atoms with van der Waals surface area (Å²) in [5.41, 5.74) is 2.06. The summed E-state index contributed by atoms with van der Waals surface area (Å²) in [6.45, 7) is 1.85. The molecule has 1 aromatic carbocycles. The quantitative estimate of drug-likeness (QED) is 0.635. The van der Waals surface area contributed by atoms with Gasteiger partial charge in [-0.25, -0.2) is 13.2 Å². The number of carbonyl (C=O) groups is 1. The molecule has 0 bridgehead atoms. The highest BCUT2D eigenvalue weighted by atomic mass is 32.2. The number of nitrogens with zero attached hydrogens (tertiary/aromatic N) is 1. The van der Waals surface area contributed by atoms with Crippen LogP contribution in [0.1, 0.15) is 61.6 Å². The number of aryl methyl sites for hydroxylation is 2. The third-order valence-corrected chi connectivity index (χ3v) is 9.64. The van der Waals surface area contributed by atoms with Crippen molar-refractivity contribution in [1.82, 2.24) is 4.90 Å². The number of ether oxygens (including phenoxy) is 1. The molecule has 3 heterocycles. The van der Waals surface area contributed by atoms with Crippen LogP contribution in [-0.2, 0) is 27.5 Å². The van der Waals surface area contributed by atoms with Gasteiger partial charge in [-0.15, -0.1) is 0 Å². The van der Waals surface area contributed by atoms with Crippen LogP contribution in [0.15, 0.2) is 21.3 Å². The first-order valence-electron chi connectivity index (χ1n) is 11.9. The lowest BCUT2D eigenvalue weighted by atomic mass is 9.79. The minimum atomic E-state index is -3.10. The number of sulfone groups is 1. The van der Waals surface area contributed by atoms with Gasteiger partial charge in [0.05, 0.1) is 23.5 Å². The molecule has 0 radical (unpaired) electrons. The lowest BCUT2D eigenvalue weighted by molar-refractivity contribution is -0.130. The number of benzene rings is 1. The molecule has 2 aromatic rings. The van der Waals surface area contributed by atoms with E-state index in [-0.39, 0.29) is 35.5 Å². The lowest BCUT2D eigenvalue weighted by Gasteiger charge is -2.41. The zero-order valence-corrected chi connectivity index (χ0v) is 20.1. The molecule has 1 aliphatic carbocycles. The SMILES string of the molecule is Cc1c(CC(=O)N(C)[C@H]2CCS(=O)(=O)C2)c(=O)oc2cc3c(cc12)CCC1(CCCCC1)O3. The Balaban J connectivity index is 1.42. The van der Waals surface area contributed by atoms with Crippen LogP contribution in [0, 0.1) is 6.92 Å². The van der Waals surface area contributed by atoms with Crippen LogP contribution < -0.4 is 10.4 Å². The molecule has 0 unspecified atom stereocenters. The van der Waals surface area contributed by atoms with E-state index in [4.69, 9.17) is 9.15 Å². The summed E-state index contributed by atoms with van der Waals surface area (Å²) in [5.74, 6) is 0.617. The molecule has 2 fully saturated rings. The van der Waals surface area contributed by atoms with Crippen molar-refractivity contribution in [2.45, 2.75) is 76.4 Å². The standard InChI is InChI=1S/C25H31NO6S/c1-16-19-12-17-6-10-25(8-4-3-5-9-25)32-21(17)14-22(19)31-24(28)20(16)13-23(27)26(2)18-7-11-33(29,30)15-18/h12,14,18H,3-11,13,15H2,1-2H3/t18-/m0/s1. The summed E-state index contributed by atoms with van der Waals surface area (Å²) in [6, 6.07) is 3.54. The number of hydrogen-bond acceptors (Lipinski definition) is 6. The molecule has 1 saturated heterocycles. The third-order valence-electron chi connectivity index (χ3n) is 7.89. The molecule has 7 nitrogen and oxygen atoms in total. The highest BCUT2D eigenvalue weighted by molar-refractivity contribution is 7.91. The third kappa shape index (κ3) is 4.18. The number of hydrogen-bond donors (Lipinski definition) is 0. The zero-order chi connectivity index (χ0) is 23.4.